The van der Waals surface area contributed by atoms with Crippen molar-refractivity contribution < 1.29 is 17.1 Å². The maximum atomic E-state index is 12.8. The lowest BCUT2D eigenvalue weighted by atomic mass is 10.0. The fourth-order valence-corrected chi connectivity index (χ4v) is 4.42. The summed E-state index contributed by atoms with van der Waals surface area (Å²) in [5.41, 5.74) is -0.168. The van der Waals surface area contributed by atoms with Gasteiger partial charge in [-0.15, -0.1) is 3.89 Å². The molecule has 0 aromatic carbocycles. The first-order valence-electron chi connectivity index (χ1n) is 8.28. The minimum Gasteiger partial charge on any atom is -0.341 e. The third kappa shape index (κ3) is 5.12. The average molecular weight is 349 g/mol. The van der Waals surface area contributed by atoms with E-state index in [0.717, 1.165) is 32.7 Å². The summed E-state index contributed by atoms with van der Waals surface area (Å²) in [7, 11) is -4.52. The molecule has 2 aliphatic rings. The van der Waals surface area contributed by atoms with Gasteiger partial charge in [-0.3, -0.25) is 9.69 Å². The molecular formula is C15H28FN3O3S. The first-order valence-corrected chi connectivity index (χ1v) is 9.83. The van der Waals surface area contributed by atoms with Crippen LogP contribution in [0.25, 0.3) is 0 Å². The predicted octanol–water partition coefficient (Wildman–Crippen LogP) is 0.550. The Kier molecular flexibility index (Phi) is 5.68. The molecule has 1 amide bonds. The Bertz CT molecular complexity index is 530. The second-order valence-corrected chi connectivity index (χ2v) is 8.69. The van der Waals surface area contributed by atoms with E-state index < -0.39 is 21.9 Å². The third-order valence-corrected chi connectivity index (χ3v) is 5.85. The van der Waals surface area contributed by atoms with Crippen LogP contribution in [-0.4, -0.2) is 86.1 Å². The van der Waals surface area contributed by atoms with Gasteiger partial charge in [-0.25, -0.2) is 0 Å². The minimum atomic E-state index is -4.52. The normalized spacial score (nSPS) is 25.3. The predicted molar refractivity (Wildman–Crippen MR) is 87.3 cm³/mol. The van der Waals surface area contributed by atoms with Gasteiger partial charge in [0.25, 0.3) is 0 Å². The highest BCUT2D eigenvalue weighted by atomic mass is 32.3. The molecule has 1 atom stereocenters. The number of piperazine rings is 1. The number of carbonyl (C=O) groups is 1. The van der Waals surface area contributed by atoms with E-state index in [1.807, 2.05) is 0 Å². The van der Waals surface area contributed by atoms with Gasteiger partial charge in [0.05, 0.1) is 5.75 Å². The zero-order valence-corrected chi connectivity index (χ0v) is 15.1. The van der Waals surface area contributed by atoms with Gasteiger partial charge in [0.2, 0.25) is 5.91 Å². The lowest BCUT2D eigenvalue weighted by molar-refractivity contribution is -0.129. The van der Waals surface area contributed by atoms with Crippen LogP contribution in [0, 0.1) is 5.92 Å². The van der Waals surface area contributed by atoms with E-state index in [4.69, 9.17) is 0 Å². The number of halogens is 1. The molecule has 6 nitrogen and oxygen atoms in total. The Morgan fingerprint density at radius 3 is 2.35 bits per heavy atom. The second kappa shape index (κ2) is 7.03. The minimum absolute atomic E-state index is 0.0704. The molecule has 0 radical (unpaired) electrons. The van der Waals surface area contributed by atoms with Crippen LogP contribution in [0.5, 0.6) is 0 Å². The first kappa shape index (κ1) is 18.6. The van der Waals surface area contributed by atoms with Crippen molar-refractivity contribution in [2.45, 2.75) is 32.7 Å². The van der Waals surface area contributed by atoms with Crippen molar-refractivity contribution in [3.8, 4) is 0 Å². The van der Waals surface area contributed by atoms with Gasteiger partial charge in [-0.05, 0) is 20.4 Å². The third-order valence-electron chi connectivity index (χ3n) is 4.98. The number of hydrogen-bond acceptors (Lipinski definition) is 5. The highest BCUT2D eigenvalue weighted by Crippen LogP contribution is 2.25. The van der Waals surface area contributed by atoms with Crippen LogP contribution in [-0.2, 0) is 15.0 Å². The number of hydrogen-bond donors (Lipinski definition) is 0. The van der Waals surface area contributed by atoms with Crippen molar-refractivity contribution in [2.75, 3.05) is 51.6 Å². The van der Waals surface area contributed by atoms with Gasteiger partial charge in [0.15, 0.2) is 0 Å². The smallest absolute Gasteiger partial charge is 0.302 e. The number of carbonyl (C=O) groups excluding carboxylic acids is 1. The van der Waals surface area contributed by atoms with Crippen molar-refractivity contribution in [2.24, 2.45) is 5.92 Å². The molecule has 2 aliphatic heterocycles. The maximum absolute atomic E-state index is 12.8. The molecule has 0 spiro atoms. The Morgan fingerprint density at radius 1 is 1.22 bits per heavy atom. The summed E-state index contributed by atoms with van der Waals surface area (Å²) in [5.74, 6) is -1.05. The highest BCUT2D eigenvalue weighted by molar-refractivity contribution is 7.86. The SMILES string of the molecule is CCN1CCN(C(C)(C)CN2CC(CS(=O)(=O)F)CC2=O)CC1. The summed E-state index contributed by atoms with van der Waals surface area (Å²) in [6, 6.07) is 0. The van der Waals surface area contributed by atoms with E-state index in [1.165, 1.54) is 0 Å². The Morgan fingerprint density at radius 2 is 1.83 bits per heavy atom. The zero-order chi connectivity index (χ0) is 17.3. The molecule has 0 saturated carbocycles. The highest BCUT2D eigenvalue weighted by Gasteiger charge is 2.38. The summed E-state index contributed by atoms with van der Waals surface area (Å²) in [5, 5.41) is 0. The van der Waals surface area contributed by atoms with E-state index in [0.29, 0.717) is 13.1 Å². The van der Waals surface area contributed by atoms with Gasteiger partial charge in [-0.2, -0.15) is 8.42 Å². The molecule has 2 fully saturated rings. The van der Waals surface area contributed by atoms with Crippen LogP contribution in [0.4, 0.5) is 3.89 Å². The lowest BCUT2D eigenvalue weighted by Crippen LogP contribution is -2.58. The van der Waals surface area contributed by atoms with Gasteiger partial charge in [0, 0.05) is 57.1 Å². The fraction of sp³-hybridized carbons (Fsp3) is 0.933. The molecular weight excluding hydrogens is 321 g/mol. The first-order chi connectivity index (χ1) is 10.6. The molecule has 1 unspecified atom stereocenters. The van der Waals surface area contributed by atoms with Gasteiger partial charge < -0.3 is 9.80 Å². The van der Waals surface area contributed by atoms with Gasteiger partial charge >= 0.3 is 10.2 Å². The van der Waals surface area contributed by atoms with Gasteiger partial charge in [-0.1, -0.05) is 6.92 Å². The molecule has 0 N–H and O–H groups in total. The molecule has 2 saturated heterocycles. The van der Waals surface area contributed by atoms with Crippen LogP contribution in [0.2, 0.25) is 0 Å². The molecule has 2 heterocycles. The monoisotopic (exact) mass is 349 g/mol. The summed E-state index contributed by atoms with van der Waals surface area (Å²) in [4.78, 5) is 18.6. The number of amides is 1. The molecule has 8 heteroatoms. The van der Waals surface area contributed by atoms with Gasteiger partial charge in [0.1, 0.15) is 0 Å². The van der Waals surface area contributed by atoms with Crippen LogP contribution < -0.4 is 0 Å². The van der Waals surface area contributed by atoms with Crippen molar-refractivity contribution >= 4 is 16.1 Å². The summed E-state index contributed by atoms with van der Waals surface area (Å²) in [6.07, 6.45) is 0.128. The van der Waals surface area contributed by atoms with Crippen molar-refractivity contribution in [3.63, 3.8) is 0 Å². The van der Waals surface area contributed by atoms with Crippen molar-refractivity contribution in [3.05, 3.63) is 0 Å². The van der Waals surface area contributed by atoms with E-state index >= 15 is 0 Å². The van der Waals surface area contributed by atoms with E-state index in [2.05, 4.69) is 30.6 Å². The number of nitrogens with zero attached hydrogens (tertiary/aromatic N) is 3. The molecule has 134 valence electrons. The van der Waals surface area contributed by atoms with Crippen molar-refractivity contribution in [1.29, 1.82) is 0 Å². The maximum Gasteiger partial charge on any atom is 0.302 e. The largest absolute Gasteiger partial charge is 0.341 e. The Hall–Kier alpha value is -0.730. The number of likely N-dealkylation sites (N-methyl/N-ethyl adjacent to an activating group) is 1. The fourth-order valence-electron chi connectivity index (χ4n) is 3.64. The zero-order valence-electron chi connectivity index (χ0n) is 14.3. The lowest BCUT2D eigenvalue weighted by Gasteiger charge is -2.45. The van der Waals surface area contributed by atoms with Crippen LogP contribution in [0.15, 0.2) is 0 Å². The van der Waals surface area contributed by atoms with Crippen molar-refractivity contribution in [1.82, 2.24) is 14.7 Å². The standard InChI is InChI=1S/C15H28FN3O3S/c1-4-17-5-7-19(8-6-17)15(2,3)12-18-10-13(9-14(18)20)11-23(16,21)22/h13H,4-12H2,1-3H3. The molecule has 0 bridgehead atoms. The summed E-state index contributed by atoms with van der Waals surface area (Å²) >= 11 is 0. The summed E-state index contributed by atoms with van der Waals surface area (Å²) in [6.45, 7) is 12.3. The molecule has 23 heavy (non-hydrogen) atoms. The molecule has 0 aromatic rings. The van der Waals surface area contributed by atoms with Crippen LogP contribution in [0.3, 0.4) is 0 Å². The van der Waals surface area contributed by atoms with Crippen LogP contribution in [0.1, 0.15) is 27.2 Å². The van der Waals surface area contributed by atoms with E-state index in [1.54, 1.807) is 4.90 Å². The Labute approximate surface area is 138 Å². The van der Waals surface area contributed by atoms with E-state index in [-0.39, 0.29) is 17.9 Å². The number of likely N-dealkylation sites (tertiary alicyclic amines) is 1. The number of rotatable bonds is 6. The average Bonchev–Trinajstić information content (AvgIpc) is 2.75. The molecule has 2 rings (SSSR count). The Balaban J connectivity index is 1.91. The van der Waals surface area contributed by atoms with Crippen LogP contribution >= 0.6 is 0 Å². The summed E-state index contributed by atoms with van der Waals surface area (Å²) < 4.78 is 34.4. The second-order valence-electron chi connectivity index (χ2n) is 7.28. The topological polar surface area (TPSA) is 60.9 Å². The van der Waals surface area contributed by atoms with E-state index in [9.17, 15) is 17.1 Å². The quantitative estimate of drug-likeness (QED) is 0.656. The molecule has 0 aliphatic carbocycles. The molecule has 0 aromatic heterocycles.